The number of pyridine rings is 2. The summed E-state index contributed by atoms with van der Waals surface area (Å²) in [6, 6.07) is 17.9. The van der Waals surface area contributed by atoms with Crippen molar-refractivity contribution in [1.82, 2.24) is 19.8 Å². The van der Waals surface area contributed by atoms with Gasteiger partial charge >= 0.3 is 0 Å². The summed E-state index contributed by atoms with van der Waals surface area (Å²) in [4.78, 5) is 33.8. The van der Waals surface area contributed by atoms with E-state index >= 15 is 0 Å². The lowest BCUT2D eigenvalue weighted by atomic mass is 10.1. The molecular formula is C30H32N4O5S. The molecule has 0 aliphatic carbocycles. The van der Waals surface area contributed by atoms with Crippen LogP contribution in [0.25, 0.3) is 11.0 Å². The third-order valence-corrected chi connectivity index (χ3v) is 8.35. The van der Waals surface area contributed by atoms with Gasteiger partial charge in [-0.05, 0) is 67.2 Å². The molecule has 1 amide bonds. The number of hydrogen-bond acceptors (Lipinski definition) is 7. The Bertz CT molecular complexity index is 1690. The van der Waals surface area contributed by atoms with Gasteiger partial charge in [0, 0.05) is 25.5 Å². The lowest BCUT2D eigenvalue weighted by Gasteiger charge is -2.17. The van der Waals surface area contributed by atoms with Crippen molar-refractivity contribution in [3.63, 3.8) is 0 Å². The summed E-state index contributed by atoms with van der Waals surface area (Å²) < 4.78 is 25.2. The maximum atomic E-state index is 13.8. The molecule has 1 aliphatic heterocycles. The largest absolute Gasteiger partial charge is 0.505 e. The van der Waals surface area contributed by atoms with Gasteiger partial charge in [-0.1, -0.05) is 42.5 Å². The number of amides is 1. The lowest BCUT2D eigenvalue weighted by Crippen LogP contribution is -2.37. The molecule has 0 atom stereocenters. The van der Waals surface area contributed by atoms with Crippen molar-refractivity contribution >= 4 is 26.8 Å². The molecule has 0 spiro atoms. The molecule has 1 aliphatic rings. The topological polar surface area (TPSA) is 122 Å². The molecule has 40 heavy (non-hydrogen) atoms. The number of likely N-dealkylation sites (tertiary alicyclic amines) is 1. The smallest absolute Gasteiger partial charge is 0.268 e. The Balaban J connectivity index is 1.54. The summed E-state index contributed by atoms with van der Waals surface area (Å²) in [5.74, 6) is -1.10. The van der Waals surface area contributed by atoms with E-state index in [2.05, 4.69) is 15.2 Å². The fraction of sp³-hybridized carbons (Fsp3) is 0.300. The summed E-state index contributed by atoms with van der Waals surface area (Å²) in [5.41, 5.74) is 2.09. The lowest BCUT2D eigenvalue weighted by molar-refractivity contribution is 0.0945. The molecule has 5 rings (SSSR count). The molecule has 0 radical (unpaired) electrons. The van der Waals surface area contributed by atoms with Crippen LogP contribution >= 0.6 is 0 Å². The van der Waals surface area contributed by atoms with Gasteiger partial charge in [-0.25, -0.2) is 8.42 Å². The number of nitrogens with zero attached hydrogens (tertiary/aromatic N) is 3. The van der Waals surface area contributed by atoms with Gasteiger partial charge in [0.2, 0.25) is 0 Å². The van der Waals surface area contributed by atoms with E-state index < -0.39 is 27.1 Å². The van der Waals surface area contributed by atoms with E-state index in [1.54, 1.807) is 24.4 Å². The van der Waals surface area contributed by atoms with Crippen molar-refractivity contribution in [3.05, 3.63) is 99.5 Å². The maximum Gasteiger partial charge on any atom is 0.268 e. The van der Waals surface area contributed by atoms with Crippen LogP contribution in [0.1, 0.15) is 39.9 Å². The van der Waals surface area contributed by atoms with Crippen LogP contribution in [0.4, 0.5) is 0 Å². The minimum Gasteiger partial charge on any atom is -0.505 e. The Morgan fingerprint density at radius 1 is 1.00 bits per heavy atom. The van der Waals surface area contributed by atoms with Gasteiger partial charge in [0.25, 0.3) is 11.5 Å². The first-order valence-electron chi connectivity index (χ1n) is 13.3. The van der Waals surface area contributed by atoms with Gasteiger partial charge < -0.3 is 19.9 Å². The fourth-order valence-corrected chi connectivity index (χ4v) is 5.71. The molecule has 208 valence electrons. The third-order valence-electron chi connectivity index (χ3n) is 7.22. The number of aromatic nitrogens is 2. The van der Waals surface area contributed by atoms with Crippen LogP contribution in [0.2, 0.25) is 0 Å². The van der Waals surface area contributed by atoms with Crippen LogP contribution in [-0.2, 0) is 22.8 Å². The van der Waals surface area contributed by atoms with E-state index in [1.807, 2.05) is 30.3 Å². The van der Waals surface area contributed by atoms with Gasteiger partial charge in [0.15, 0.2) is 15.6 Å². The minimum atomic E-state index is -3.38. The van der Waals surface area contributed by atoms with Crippen molar-refractivity contribution in [1.29, 1.82) is 0 Å². The molecule has 1 fully saturated rings. The second-order valence-electron chi connectivity index (χ2n) is 10.2. The first kappa shape index (κ1) is 27.5. The van der Waals surface area contributed by atoms with Crippen LogP contribution < -0.4 is 10.9 Å². The number of rotatable bonds is 9. The van der Waals surface area contributed by atoms with Crippen molar-refractivity contribution in [2.24, 2.45) is 0 Å². The molecule has 3 heterocycles. The zero-order valence-corrected chi connectivity index (χ0v) is 23.2. The summed E-state index contributed by atoms with van der Waals surface area (Å²) in [6.45, 7) is 3.05. The molecule has 0 unspecified atom stereocenters. The minimum absolute atomic E-state index is 0.0597. The average molecular weight is 561 g/mol. The maximum absolute atomic E-state index is 13.8. The highest BCUT2D eigenvalue weighted by Crippen LogP contribution is 2.27. The number of carbonyl (C=O) groups is 1. The fourth-order valence-electron chi connectivity index (χ4n) is 5.08. The molecule has 2 aromatic carbocycles. The van der Waals surface area contributed by atoms with Crippen molar-refractivity contribution in [2.75, 3.05) is 32.4 Å². The number of nitrogens with one attached hydrogen (secondary N) is 1. The van der Waals surface area contributed by atoms with E-state index in [1.165, 1.54) is 16.7 Å². The third kappa shape index (κ3) is 6.08. The highest BCUT2D eigenvalue weighted by Gasteiger charge is 2.24. The highest BCUT2D eigenvalue weighted by molar-refractivity contribution is 7.90. The van der Waals surface area contributed by atoms with Gasteiger partial charge in [-0.3, -0.25) is 14.6 Å². The molecule has 4 aromatic rings. The van der Waals surface area contributed by atoms with Crippen LogP contribution in [0.15, 0.2) is 76.6 Å². The number of carbonyl (C=O) groups excluding carboxylic acids is 1. The van der Waals surface area contributed by atoms with Crippen molar-refractivity contribution < 1.29 is 18.3 Å². The van der Waals surface area contributed by atoms with Gasteiger partial charge in [0.05, 0.1) is 17.0 Å². The standard InChI is InChI=1S/C30H32N4O5S/c1-40(38,39)24-11-9-22(10-12-24)20-34-25-18-23(17-21-7-3-2-4-8-21)19-32-27(25)28(35)26(30(34)37)29(36)31-13-16-33-14-5-6-15-33/h2-4,7-12,18-19,35H,5-6,13-17,20H2,1H3,(H,31,36). The molecule has 1 saturated heterocycles. The zero-order chi connectivity index (χ0) is 28.3. The molecule has 10 heteroatoms. The average Bonchev–Trinajstić information content (AvgIpc) is 3.45. The normalized spacial score (nSPS) is 14.0. The number of fused-ring (bicyclic) bond motifs is 1. The Morgan fingerprint density at radius 2 is 1.70 bits per heavy atom. The summed E-state index contributed by atoms with van der Waals surface area (Å²) >= 11 is 0. The predicted molar refractivity (Wildman–Crippen MR) is 154 cm³/mol. The van der Waals surface area contributed by atoms with Gasteiger partial charge in [-0.15, -0.1) is 0 Å². The Kier molecular flexibility index (Phi) is 7.99. The molecule has 9 nitrogen and oxygen atoms in total. The first-order chi connectivity index (χ1) is 19.2. The summed E-state index contributed by atoms with van der Waals surface area (Å²) in [5, 5.41) is 13.9. The second kappa shape index (κ2) is 11.6. The Morgan fingerprint density at radius 3 is 2.38 bits per heavy atom. The number of sulfone groups is 1. The van der Waals surface area contributed by atoms with Crippen molar-refractivity contribution in [3.8, 4) is 5.75 Å². The number of hydrogen-bond donors (Lipinski definition) is 2. The monoisotopic (exact) mass is 560 g/mol. The number of benzene rings is 2. The number of aromatic hydroxyl groups is 1. The van der Waals surface area contributed by atoms with E-state index in [0.29, 0.717) is 30.6 Å². The second-order valence-corrected chi connectivity index (χ2v) is 12.2. The van der Waals surface area contributed by atoms with Crippen LogP contribution in [0.3, 0.4) is 0 Å². The SMILES string of the molecule is CS(=O)(=O)c1ccc(Cn2c(=O)c(C(=O)NCCN3CCCC3)c(O)c3ncc(Cc4ccccc4)cc32)cc1. The highest BCUT2D eigenvalue weighted by atomic mass is 32.2. The Labute approximate surface area is 233 Å². The first-order valence-corrected chi connectivity index (χ1v) is 15.2. The van der Waals surface area contributed by atoms with E-state index in [9.17, 15) is 23.1 Å². The van der Waals surface area contributed by atoms with Crippen LogP contribution in [-0.4, -0.2) is 66.3 Å². The summed E-state index contributed by atoms with van der Waals surface area (Å²) in [6.07, 6.45) is 5.61. The van der Waals surface area contributed by atoms with E-state index in [-0.39, 0.29) is 22.5 Å². The van der Waals surface area contributed by atoms with Crippen molar-refractivity contribution in [2.45, 2.75) is 30.7 Å². The molecule has 0 saturated carbocycles. The molecule has 2 aromatic heterocycles. The summed E-state index contributed by atoms with van der Waals surface area (Å²) in [7, 11) is -3.38. The van der Waals surface area contributed by atoms with Gasteiger partial charge in [-0.2, -0.15) is 0 Å². The molecule has 0 bridgehead atoms. The predicted octanol–water partition coefficient (Wildman–Crippen LogP) is 2.97. The van der Waals surface area contributed by atoms with E-state index in [0.717, 1.165) is 43.3 Å². The zero-order valence-electron chi connectivity index (χ0n) is 22.3. The molecular weight excluding hydrogens is 528 g/mol. The Hall–Kier alpha value is -4.02. The molecule has 2 N–H and O–H groups in total. The quantitative estimate of drug-likeness (QED) is 0.323. The van der Waals surface area contributed by atoms with Gasteiger partial charge in [0.1, 0.15) is 11.1 Å². The van der Waals surface area contributed by atoms with Crippen LogP contribution in [0.5, 0.6) is 5.75 Å². The van der Waals surface area contributed by atoms with E-state index in [4.69, 9.17) is 0 Å². The van der Waals surface area contributed by atoms with Crippen LogP contribution in [0, 0.1) is 0 Å².